The molecule has 2 N–H and O–H groups in total. The lowest BCUT2D eigenvalue weighted by Gasteiger charge is -2.09. The van der Waals surface area contributed by atoms with Crippen molar-refractivity contribution in [3.05, 3.63) is 53.5 Å². The van der Waals surface area contributed by atoms with Gasteiger partial charge < -0.3 is 10.4 Å². The van der Waals surface area contributed by atoms with Crippen LogP contribution in [0.4, 0.5) is 18.9 Å². The maximum absolute atomic E-state index is 13.1. The number of benzene rings is 1. The molecule has 0 aliphatic heterocycles. The number of alkyl halides is 3. The predicted octanol–water partition coefficient (Wildman–Crippen LogP) is 3.01. The zero-order valence-electron chi connectivity index (χ0n) is 12.3. The third-order valence-corrected chi connectivity index (χ3v) is 3.18. The first-order chi connectivity index (χ1) is 11.2. The van der Waals surface area contributed by atoms with Crippen LogP contribution < -0.4 is 5.32 Å². The third kappa shape index (κ3) is 3.00. The molecule has 0 aliphatic rings. The average molecular weight is 336 g/mol. The number of nitrogens with one attached hydrogen (secondary N) is 1. The molecule has 2 aromatic heterocycles. The fourth-order valence-electron chi connectivity index (χ4n) is 2.19. The SMILES string of the molecule is Cc1cc(C(F)(F)F)n2nc(C(=O)Nc3cccc(O)c3)cc2n1. The highest BCUT2D eigenvalue weighted by molar-refractivity contribution is 6.03. The number of halogens is 3. The molecule has 0 unspecified atom stereocenters. The van der Waals surface area contributed by atoms with E-state index < -0.39 is 17.8 Å². The van der Waals surface area contributed by atoms with Crippen LogP contribution in [0.1, 0.15) is 21.9 Å². The predicted molar refractivity (Wildman–Crippen MR) is 78.8 cm³/mol. The van der Waals surface area contributed by atoms with E-state index in [9.17, 15) is 23.1 Å². The molecule has 0 atom stereocenters. The molecule has 2 heterocycles. The summed E-state index contributed by atoms with van der Waals surface area (Å²) >= 11 is 0. The highest BCUT2D eigenvalue weighted by atomic mass is 19.4. The number of aromatic hydroxyl groups is 1. The van der Waals surface area contributed by atoms with Gasteiger partial charge >= 0.3 is 6.18 Å². The van der Waals surface area contributed by atoms with Gasteiger partial charge in [0.2, 0.25) is 0 Å². The summed E-state index contributed by atoms with van der Waals surface area (Å²) in [5.41, 5.74) is -0.862. The highest BCUT2D eigenvalue weighted by Crippen LogP contribution is 2.30. The number of aryl methyl sites for hydroxylation is 1. The fraction of sp³-hybridized carbons (Fsp3) is 0.133. The van der Waals surface area contributed by atoms with E-state index in [1.807, 2.05) is 0 Å². The normalized spacial score (nSPS) is 11.7. The van der Waals surface area contributed by atoms with E-state index in [1.165, 1.54) is 37.3 Å². The number of hydrogen-bond acceptors (Lipinski definition) is 4. The van der Waals surface area contributed by atoms with Crippen molar-refractivity contribution < 1.29 is 23.1 Å². The van der Waals surface area contributed by atoms with Gasteiger partial charge in [-0.05, 0) is 25.1 Å². The summed E-state index contributed by atoms with van der Waals surface area (Å²) in [5, 5.41) is 15.5. The van der Waals surface area contributed by atoms with E-state index in [0.29, 0.717) is 4.52 Å². The van der Waals surface area contributed by atoms with Crippen molar-refractivity contribution in [3.63, 3.8) is 0 Å². The van der Waals surface area contributed by atoms with Gasteiger partial charge in [-0.1, -0.05) is 6.07 Å². The average Bonchev–Trinajstić information content (AvgIpc) is 2.89. The first-order valence-corrected chi connectivity index (χ1v) is 6.79. The molecule has 9 heteroatoms. The van der Waals surface area contributed by atoms with Crippen LogP contribution in [0.3, 0.4) is 0 Å². The van der Waals surface area contributed by atoms with Gasteiger partial charge in [-0.2, -0.15) is 18.3 Å². The van der Waals surface area contributed by atoms with Crippen LogP contribution in [-0.2, 0) is 6.18 Å². The lowest BCUT2D eigenvalue weighted by molar-refractivity contribution is -0.142. The van der Waals surface area contributed by atoms with Gasteiger partial charge in [-0.25, -0.2) is 9.50 Å². The van der Waals surface area contributed by atoms with E-state index in [-0.39, 0.29) is 28.5 Å². The van der Waals surface area contributed by atoms with Crippen molar-refractivity contribution in [1.82, 2.24) is 14.6 Å². The molecule has 124 valence electrons. The number of phenolic OH excluding ortho intramolecular Hbond substituents is 1. The minimum Gasteiger partial charge on any atom is -0.508 e. The number of anilines is 1. The lowest BCUT2D eigenvalue weighted by atomic mass is 10.3. The van der Waals surface area contributed by atoms with Gasteiger partial charge in [-0.15, -0.1) is 0 Å². The molecular formula is C15H11F3N4O2. The van der Waals surface area contributed by atoms with Crippen LogP contribution in [0.5, 0.6) is 5.75 Å². The first-order valence-electron chi connectivity index (χ1n) is 6.79. The molecule has 24 heavy (non-hydrogen) atoms. The van der Waals surface area contributed by atoms with E-state index in [4.69, 9.17) is 0 Å². The minimum atomic E-state index is -4.63. The van der Waals surface area contributed by atoms with Crippen LogP contribution in [0, 0.1) is 6.92 Å². The zero-order valence-corrected chi connectivity index (χ0v) is 12.3. The smallest absolute Gasteiger partial charge is 0.433 e. The Hall–Kier alpha value is -3.10. The van der Waals surface area contributed by atoms with Gasteiger partial charge in [0.05, 0.1) is 0 Å². The van der Waals surface area contributed by atoms with E-state index in [1.54, 1.807) is 0 Å². The molecule has 0 radical (unpaired) electrons. The number of carbonyl (C=O) groups is 1. The fourth-order valence-corrected chi connectivity index (χ4v) is 2.19. The largest absolute Gasteiger partial charge is 0.508 e. The summed E-state index contributed by atoms with van der Waals surface area (Å²) in [4.78, 5) is 16.1. The maximum atomic E-state index is 13.1. The zero-order chi connectivity index (χ0) is 17.5. The lowest BCUT2D eigenvalue weighted by Crippen LogP contribution is -2.15. The van der Waals surface area contributed by atoms with Crippen LogP contribution in [-0.4, -0.2) is 25.6 Å². The number of carbonyl (C=O) groups excluding carboxylic acids is 1. The monoisotopic (exact) mass is 336 g/mol. The van der Waals surface area contributed by atoms with Crippen LogP contribution in [0.2, 0.25) is 0 Å². The summed E-state index contributed by atoms with van der Waals surface area (Å²) in [5.74, 6) is -0.767. The topological polar surface area (TPSA) is 79.5 Å². The molecule has 1 aromatic carbocycles. The van der Waals surface area contributed by atoms with Crippen molar-refractivity contribution in [2.24, 2.45) is 0 Å². The third-order valence-electron chi connectivity index (χ3n) is 3.18. The number of nitrogens with zero attached hydrogens (tertiary/aromatic N) is 3. The Labute approximate surface area is 133 Å². The molecule has 6 nitrogen and oxygen atoms in total. The standard InChI is InChI=1S/C15H11F3N4O2/c1-8-5-12(15(16,17)18)22-13(19-8)7-11(21-22)14(24)20-9-3-2-4-10(23)6-9/h2-7,23H,1H3,(H,20,24). The van der Waals surface area contributed by atoms with E-state index in [2.05, 4.69) is 15.4 Å². The molecule has 0 bridgehead atoms. The van der Waals surface area contributed by atoms with Gasteiger partial charge in [0.25, 0.3) is 5.91 Å². The molecule has 0 spiro atoms. The molecule has 3 rings (SSSR count). The quantitative estimate of drug-likeness (QED) is 0.754. The Morgan fingerprint density at radius 3 is 2.67 bits per heavy atom. The molecule has 0 saturated carbocycles. The number of hydrogen-bond donors (Lipinski definition) is 2. The second-order valence-electron chi connectivity index (χ2n) is 5.08. The first kappa shape index (κ1) is 15.8. The van der Waals surface area contributed by atoms with Crippen molar-refractivity contribution >= 4 is 17.2 Å². The Balaban J connectivity index is 2.00. The highest BCUT2D eigenvalue weighted by Gasteiger charge is 2.35. The summed E-state index contributed by atoms with van der Waals surface area (Å²) in [6.07, 6.45) is -4.63. The molecule has 0 fully saturated rings. The van der Waals surface area contributed by atoms with Gasteiger partial charge in [0, 0.05) is 23.5 Å². The summed E-state index contributed by atoms with van der Waals surface area (Å²) < 4.78 is 39.8. The van der Waals surface area contributed by atoms with Crippen LogP contribution in [0.15, 0.2) is 36.4 Å². The maximum Gasteiger partial charge on any atom is 0.433 e. The summed E-state index contributed by atoms with van der Waals surface area (Å²) in [6, 6.07) is 7.79. The summed E-state index contributed by atoms with van der Waals surface area (Å²) in [7, 11) is 0. The number of aromatic nitrogens is 3. The Bertz CT molecular complexity index is 934. The second-order valence-corrected chi connectivity index (χ2v) is 5.08. The van der Waals surface area contributed by atoms with Crippen molar-refractivity contribution in [2.45, 2.75) is 13.1 Å². The van der Waals surface area contributed by atoms with E-state index in [0.717, 1.165) is 6.07 Å². The second kappa shape index (κ2) is 5.52. The van der Waals surface area contributed by atoms with Crippen molar-refractivity contribution in [3.8, 4) is 5.75 Å². The number of fused-ring (bicyclic) bond motifs is 1. The number of amides is 1. The molecule has 0 saturated heterocycles. The Kier molecular flexibility index (Phi) is 3.63. The van der Waals surface area contributed by atoms with Crippen LogP contribution >= 0.6 is 0 Å². The van der Waals surface area contributed by atoms with E-state index >= 15 is 0 Å². The minimum absolute atomic E-state index is 0.0561. The summed E-state index contributed by atoms with van der Waals surface area (Å²) in [6.45, 7) is 1.43. The molecular weight excluding hydrogens is 325 g/mol. The van der Waals surface area contributed by atoms with Crippen LogP contribution in [0.25, 0.3) is 5.65 Å². The number of phenols is 1. The Morgan fingerprint density at radius 2 is 2.00 bits per heavy atom. The van der Waals surface area contributed by atoms with Gasteiger partial charge in [0.1, 0.15) is 11.4 Å². The van der Waals surface area contributed by atoms with Gasteiger partial charge in [0.15, 0.2) is 11.3 Å². The number of rotatable bonds is 2. The van der Waals surface area contributed by atoms with Crippen molar-refractivity contribution in [2.75, 3.05) is 5.32 Å². The van der Waals surface area contributed by atoms with Crippen molar-refractivity contribution in [1.29, 1.82) is 0 Å². The molecule has 3 aromatic rings. The Morgan fingerprint density at radius 1 is 1.25 bits per heavy atom. The van der Waals surface area contributed by atoms with Gasteiger partial charge in [-0.3, -0.25) is 4.79 Å². The molecule has 1 amide bonds. The molecule has 0 aliphatic carbocycles.